The SMILES string of the molecule is CCC.[Na+].[Na+].[O-][O-]. The molecule has 0 aliphatic rings. The maximum atomic E-state index is 7.00. The van der Waals surface area contributed by atoms with Crippen LogP contribution in [0.1, 0.15) is 20.3 Å². The van der Waals surface area contributed by atoms with Crippen LogP contribution in [0, 0.1) is 0 Å². The molecule has 0 heterocycles. The second kappa shape index (κ2) is 44.5. The molecule has 0 atom stereocenters. The Morgan fingerprint density at radius 3 is 1.00 bits per heavy atom. The van der Waals surface area contributed by atoms with E-state index in [1.807, 2.05) is 0 Å². The average Bonchev–Trinajstić information content (AvgIpc) is 1.46. The molecule has 0 aliphatic heterocycles. The van der Waals surface area contributed by atoms with Crippen molar-refractivity contribution in [3.8, 4) is 0 Å². The van der Waals surface area contributed by atoms with E-state index in [0.717, 1.165) is 0 Å². The average molecular weight is 122 g/mol. The Bertz CT molecular complexity index is 10.9. The minimum absolute atomic E-state index is 0. The zero-order valence-corrected chi connectivity index (χ0v) is 9.52. The molecule has 0 aromatic rings. The zero-order chi connectivity index (χ0) is 4.71. The normalized spacial score (nSPS) is 3.43. The summed E-state index contributed by atoms with van der Waals surface area (Å²) in [5, 5.41) is 14.0. The van der Waals surface area contributed by atoms with Crippen molar-refractivity contribution in [1.82, 2.24) is 0 Å². The number of rotatable bonds is 0. The van der Waals surface area contributed by atoms with Gasteiger partial charge in [0.15, 0.2) is 0 Å². The van der Waals surface area contributed by atoms with Gasteiger partial charge >= 0.3 is 59.1 Å². The summed E-state index contributed by atoms with van der Waals surface area (Å²) in [4.78, 5) is 0. The van der Waals surface area contributed by atoms with Crippen LogP contribution in [-0.4, -0.2) is 0 Å². The summed E-state index contributed by atoms with van der Waals surface area (Å²) in [6.07, 6.45) is 1.25. The molecule has 0 rings (SSSR count). The van der Waals surface area contributed by atoms with Gasteiger partial charge in [-0.15, -0.1) is 0 Å². The quantitative estimate of drug-likeness (QED) is 0.182. The fraction of sp³-hybridized carbons (Fsp3) is 1.00. The topological polar surface area (TPSA) is 46.1 Å². The molecule has 7 heavy (non-hydrogen) atoms. The van der Waals surface area contributed by atoms with Crippen LogP contribution in [0.4, 0.5) is 0 Å². The van der Waals surface area contributed by atoms with E-state index in [9.17, 15) is 0 Å². The van der Waals surface area contributed by atoms with E-state index in [4.69, 9.17) is 10.5 Å². The van der Waals surface area contributed by atoms with Crippen molar-refractivity contribution in [2.45, 2.75) is 20.3 Å². The van der Waals surface area contributed by atoms with Crippen molar-refractivity contribution in [2.24, 2.45) is 0 Å². The Morgan fingerprint density at radius 1 is 1.00 bits per heavy atom. The van der Waals surface area contributed by atoms with Gasteiger partial charge in [0.05, 0.1) is 0 Å². The third kappa shape index (κ3) is 75.3. The predicted molar refractivity (Wildman–Crippen MR) is 16.0 cm³/mol. The van der Waals surface area contributed by atoms with E-state index in [2.05, 4.69) is 13.8 Å². The van der Waals surface area contributed by atoms with Crippen LogP contribution >= 0.6 is 0 Å². The van der Waals surface area contributed by atoms with Gasteiger partial charge in [0, 0.05) is 0 Å². The van der Waals surface area contributed by atoms with Crippen LogP contribution in [0.25, 0.3) is 0 Å². The molecule has 0 aliphatic carbocycles. The van der Waals surface area contributed by atoms with E-state index in [1.54, 1.807) is 0 Å². The van der Waals surface area contributed by atoms with Crippen molar-refractivity contribution in [3.63, 3.8) is 0 Å². The Hall–Kier alpha value is 1.92. The standard InChI is InChI=1S/C3H8.2Na.O2/c1-3-2;;;1-2/h3H2,1-2H3;;;/q;2*+1;-2. The second-order valence-corrected chi connectivity index (χ2v) is 0.707. The van der Waals surface area contributed by atoms with E-state index in [1.165, 1.54) is 6.42 Å². The van der Waals surface area contributed by atoms with Gasteiger partial charge in [-0.05, 0) is 0 Å². The van der Waals surface area contributed by atoms with Crippen LogP contribution in [0.3, 0.4) is 0 Å². The minimum Gasteiger partial charge on any atom is -1.00 e. The molecule has 0 amide bonds. The summed E-state index contributed by atoms with van der Waals surface area (Å²) in [7, 11) is 0. The summed E-state index contributed by atoms with van der Waals surface area (Å²) in [5.41, 5.74) is 0. The predicted octanol–water partition coefficient (Wildman–Crippen LogP) is -6.95. The van der Waals surface area contributed by atoms with Gasteiger partial charge in [0.2, 0.25) is 0 Å². The van der Waals surface area contributed by atoms with Gasteiger partial charge in [-0.2, -0.15) is 0 Å². The Balaban J connectivity index is -0.0000000105. The molecule has 0 aromatic carbocycles. The molecule has 0 spiro atoms. The Labute approximate surface area is 88.8 Å². The third-order valence-corrected chi connectivity index (χ3v) is 0. The maximum absolute atomic E-state index is 7.00. The van der Waals surface area contributed by atoms with Crippen LogP contribution in [0.5, 0.6) is 0 Å². The van der Waals surface area contributed by atoms with Crippen LogP contribution in [-0.2, 0) is 0 Å². The molecule has 2 nitrogen and oxygen atoms in total. The monoisotopic (exact) mass is 122 g/mol. The van der Waals surface area contributed by atoms with Crippen LogP contribution in [0.2, 0.25) is 0 Å². The molecule has 0 saturated heterocycles. The molecule has 34 valence electrons. The molecule has 0 saturated carbocycles. The van der Waals surface area contributed by atoms with E-state index in [-0.39, 0.29) is 59.1 Å². The van der Waals surface area contributed by atoms with Gasteiger partial charge in [0.25, 0.3) is 0 Å². The van der Waals surface area contributed by atoms with Crippen molar-refractivity contribution in [1.29, 1.82) is 0 Å². The summed E-state index contributed by atoms with van der Waals surface area (Å²) < 4.78 is 0. The van der Waals surface area contributed by atoms with Crippen molar-refractivity contribution in [2.75, 3.05) is 0 Å². The largest absolute Gasteiger partial charge is 1.00 e. The Kier molecular flexibility index (Phi) is 147. The molecule has 4 heteroatoms. The smallest absolute Gasteiger partial charge is 1.00 e. The summed E-state index contributed by atoms with van der Waals surface area (Å²) in [6.45, 7) is 4.25. The molecule has 0 N–H and O–H groups in total. The van der Waals surface area contributed by atoms with Crippen LogP contribution < -0.4 is 69.6 Å². The van der Waals surface area contributed by atoms with E-state index >= 15 is 0 Å². The molecule has 0 fully saturated rings. The fourth-order valence-corrected chi connectivity index (χ4v) is 0. The first-order valence-electron chi connectivity index (χ1n) is 1.58. The van der Waals surface area contributed by atoms with Crippen molar-refractivity contribution in [3.05, 3.63) is 0 Å². The maximum Gasteiger partial charge on any atom is 1.00 e. The molecular formula is C3H8Na2O2. The van der Waals surface area contributed by atoms with E-state index in [0.29, 0.717) is 0 Å². The van der Waals surface area contributed by atoms with Crippen molar-refractivity contribution < 1.29 is 69.6 Å². The fourth-order valence-electron chi connectivity index (χ4n) is 0. The Morgan fingerprint density at radius 2 is 1.00 bits per heavy atom. The van der Waals surface area contributed by atoms with Gasteiger partial charge < -0.3 is 10.5 Å². The number of hydrogen-bond donors (Lipinski definition) is 0. The van der Waals surface area contributed by atoms with Gasteiger partial charge in [0.1, 0.15) is 0 Å². The summed E-state index contributed by atoms with van der Waals surface area (Å²) in [5.74, 6) is 0. The molecule has 0 radical (unpaired) electrons. The molecule has 0 unspecified atom stereocenters. The van der Waals surface area contributed by atoms with Crippen molar-refractivity contribution >= 4 is 0 Å². The first-order chi connectivity index (χ1) is 2.41. The van der Waals surface area contributed by atoms with Gasteiger partial charge in [-0.25, -0.2) is 0 Å². The summed E-state index contributed by atoms with van der Waals surface area (Å²) in [6, 6.07) is 0. The van der Waals surface area contributed by atoms with Gasteiger partial charge in [-0.3, -0.25) is 0 Å². The zero-order valence-electron chi connectivity index (χ0n) is 5.52. The van der Waals surface area contributed by atoms with Crippen LogP contribution in [0.15, 0.2) is 0 Å². The second-order valence-electron chi connectivity index (χ2n) is 0.707. The number of hydrogen-bond acceptors (Lipinski definition) is 2. The molecular weight excluding hydrogens is 114 g/mol. The minimum atomic E-state index is 0. The molecule has 0 aromatic heterocycles. The first kappa shape index (κ1) is 23.1. The molecule has 0 bridgehead atoms. The van der Waals surface area contributed by atoms with Gasteiger partial charge in [-0.1, -0.05) is 20.3 Å². The first-order valence-corrected chi connectivity index (χ1v) is 1.58. The van der Waals surface area contributed by atoms with E-state index < -0.39 is 0 Å². The third-order valence-electron chi connectivity index (χ3n) is 0. The summed E-state index contributed by atoms with van der Waals surface area (Å²) >= 11 is 0.